The molecule has 0 aliphatic carbocycles. The Bertz CT molecular complexity index is 273. The number of rotatable bonds is 4. The zero-order valence-corrected chi connectivity index (χ0v) is 9.05. The van der Waals surface area contributed by atoms with Gasteiger partial charge in [0.25, 0.3) is 0 Å². The van der Waals surface area contributed by atoms with Crippen LogP contribution in [0.5, 0.6) is 0 Å². The van der Waals surface area contributed by atoms with Crippen molar-refractivity contribution in [2.24, 2.45) is 0 Å². The molecule has 4 heteroatoms. The van der Waals surface area contributed by atoms with Gasteiger partial charge in [0, 0.05) is 25.0 Å². The first-order valence-corrected chi connectivity index (χ1v) is 5.72. The van der Waals surface area contributed by atoms with E-state index in [-0.39, 0.29) is 0 Å². The monoisotopic (exact) mass is 209 g/mol. The second-order valence-electron chi connectivity index (χ2n) is 4.14. The third-order valence-electron chi connectivity index (χ3n) is 3.14. The van der Waals surface area contributed by atoms with Crippen LogP contribution in [0, 0.1) is 0 Å². The van der Waals surface area contributed by atoms with Crippen LogP contribution >= 0.6 is 0 Å². The number of hydrogen-bond acceptors (Lipinski definition) is 3. The fourth-order valence-electron chi connectivity index (χ4n) is 2.22. The molecule has 0 spiro atoms. The van der Waals surface area contributed by atoms with Gasteiger partial charge in [-0.15, -0.1) is 0 Å². The Morgan fingerprint density at radius 2 is 2.27 bits per heavy atom. The molecule has 1 aliphatic rings. The molecule has 15 heavy (non-hydrogen) atoms. The van der Waals surface area contributed by atoms with E-state index in [1.165, 1.54) is 12.8 Å². The van der Waals surface area contributed by atoms with Gasteiger partial charge in [0.15, 0.2) is 0 Å². The molecule has 0 unspecified atom stereocenters. The quantitative estimate of drug-likeness (QED) is 0.795. The summed E-state index contributed by atoms with van der Waals surface area (Å²) in [5, 5.41) is 13.4. The topological polar surface area (TPSA) is 41.3 Å². The first kappa shape index (κ1) is 10.6. The molecule has 1 saturated heterocycles. The zero-order chi connectivity index (χ0) is 10.5. The Labute approximate surface area is 90.5 Å². The lowest BCUT2D eigenvalue weighted by Gasteiger charge is -2.34. The lowest BCUT2D eigenvalue weighted by molar-refractivity contribution is 0.0862. The highest BCUT2D eigenvalue weighted by atomic mass is 16.3. The average molecular weight is 209 g/mol. The molecule has 1 fully saturated rings. The van der Waals surface area contributed by atoms with Crippen molar-refractivity contribution in [3.8, 4) is 0 Å². The normalized spacial score (nSPS) is 23.1. The number of nitrogens with zero attached hydrogens (tertiary/aromatic N) is 3. The Morgan fingerprint density at radius 1 is 1.33 bits per heavy atom. The van der Waals surface area contributed by atoms with Crippen LogP contribution in [0.25, 0.3) is 0 Å². The average Bonchev–Trinajstić information content (AvgIpc) is 2.79. The van der Waals surface area contributed by atoms with Crippen LogP contribution in [0.2, 0.25) is 0 Å². The van der Waals surface area contributed by atoms with Crippen LogP contribution in [0.15, 0.2) is 18.5 Å². The lowest BCUT2D eigenvalue weighted by Crippen LogP contribution is -2.43. The fourth-order valence-corrected chi connectivity index (χ4v) is 2.22. The van der Waals surface area contributed by atoms with Gasteiger partial charge in [-0.1, -0.05) is 6.42 Å². The highest BCUT2D eigenvalue weighted by Gasteiger charge is 2.20. The third kappa shape index (κ3) is 2.79. The number of likely N-dealkylation sites (tertiary alicyclic amines) is 1. The Balaban J connectivity index is 1.81. The summed E-state index contributed by atoms with van der Waals surface area (Å²) in [6.45, 7) is 3.32. The van der Waals surface area contributed by atoms with Crippen LogP contribution < -0.4 is 0 Å². The zero-order valence-electron chi connectivity index (χ0n) is 9.05. The van der Waals surface area contributed by atoms with Crippen LogP contribution in [0.4, 0.5) is 0 Å². The smallest absolute Gasteiger partial charge is 0.0586 e. The molecule has 2 rings (SSSR count). The summed E-state index contributed by atoms with van der Waals surface area (Å²) in [5.41, 5.74) is 0. The maximum atomic E-state index is 9.25. The summed E-state index contributed by atoms with van der Waals surface area (Å²) in [7, 11) is 0. The Hall–Kier alpha value is -0.870. The summed E-state index contributed by atoms with van der Waals surface area (Å²) in [4.78, 5) is 2.38. The summed E-state index contributed by atoms with van der Waals surface area (Å²) in [6.07, 6.45) is 7.44. The predicted molar refractivity (Wildman–Crippen MR) is 58.5 cm³/mol. The molecule has 1 N–H and O–H groups in total. The number of hydrogen-bond donors (Lipinski definition) is 1. The van der Waals surface area contributed by atoms with Crippen molar-refractivity contribution in [2.75, 3.05) is 19.7 Å². The van der Waals surface area contributed by atoms with Crippen LogP contribution in [-0.2, 0) is 6.54 Å². The molecule has 0 amide bonds. The molecule has 1 aromatic rings. The van der Waals surface area contributed by atoms with Crippen LogP contribution in [0.1, 0.15) is 19.3 Å². The van der Waals surface area contributed by atoms with Gasteiger partial charge >= 0.3 is 0 Å². The molecule has 0 radical (unpaired) electrons. The molecule has 1 aromatic heterocycles. The van der Waals surface area contributed by atoms with E-state index in [9.17, 15) is 5.11 Å². The summed E-state index contributed by atoms with van der Waals surface area (Å²) in [6, 6.07) is 2.31. The first-order valence-electron chi connectivity index (χ1n) is 5.72. The highest BCUT2D eigenvalue weighted by molar-refractivity contribution is 4.80. The van der Waals surface area contributed by atoms with Crippen LogP contribution in [-0.4, -0.2) is 45.5 Å². The van der Waals surface area contributed by atoms with Crippen LogP contribution in [0.3, 0.4) is 0 Å². The van der Waals surface area contributed by atoms with Crippen molar-refractivity contribution in [1.29, 1.82) is 0 Å². The largest absolute Gasteiger partial charge is 0.395 e. The molecule has 84 valence electrons. The van der Waals surface area contributed by atoms with Crippen molar-refractivity contribution < 1.29 is 5.11 Å². The number of aliphatic hydroxyl groups is 1. The van der Waals surface area contributed by atoms with E-state index in [4.69, 9.17) is 0 Å². The third-order valence-corrected chi connectivity index (χ3v) is 3.14. The van der Waals surface area contributed by atoms with Gasteiger partial charge in [-0.2, -0.15) is 5.10 Å². The standard InChI is InChI=1S/C11H19N3O/c15-10-11-4-1-2-6-13(11)8-9-14-7-3-5-12-14/h3,5,7,11,15H,1-2,4,6,8-10H2/t11-/m1/s1. The minimum Gasteiger partial charge on any atom is -0.395 e. The Kier molecular flexibility index (Phi) is 3.75. The van der Waals surface area contributed by atoms with Gasteiger partial charge in [0.1, 0.15) is 0 Å². The summed E-state index contributed by atoms with van der Waals surface area (Å²) >= 11 is 0. The summed E-state index contributed by atoms with van der Waals surface area (Å²) in [5.74, 6) is 0. The van der Waals surface area contributed by atoms with E-state index >= 15 is 0 Å². The molecule has 1 atom stereocenters. The number of aliphatic hydroxyl groups excluding tert-OH is 1. The van der Waals surface area contributed by atoms with Crippen molar-refractivity contribution in [1.82, 2.24) is 14.7 Å². The summed E-state index contributed by atoms with van der Waals surface area (Å²) < 4.78 is 1.95. The highest BCUT2D eigenvalue weighted by Crippen LogP contribution is 2.16. The molecule has 2 heterocycles. The van der Waals surface area contributed by atoms with E-state index in [0.717, 1.165) is 26.1 Å². The van der Waals surface area contributed by atoms with E-state index in [1.807, 2.05) is 16.9 Å². The minimum absolute atomic E-state index is 0.291. The molecule has 0 saturated carbocycles. The van der Waals surface area contributed by atoms with Crippen molar-refractivity contribution >= 4 is 0 Å². The van der Waals surface area contributed by atoms with Crippen molar-refractivity contribution in [2.45, 2.75) is 31.8 Å². The van der Waals surface area contributed by atoms with Gasteiger partial charge in [-0.05, 0) is 25.5 Å². The van der Waals surface area contributed by atoms with Crippen molar-refractivity contribution in [3.05, 3.63) is 18.5 Å². The molecule has 4 nitrogen and oxygen atoms in total. The second-order valence-corrected chi connectivity index (χ2v) is 4.14. The van der Waals surface area contributed by atoms with E-state index in [2.05, 4.69) is 10.00 Å². The predicted octanol–water partition coefficient (Wildman–Crippen LogP) is 0.730. The van der Waals surface area contributed by atoms with Gasteiger partial charge < -0.3 is 5.11 Å². The van der Waals surface area contributed by atoms with Gasteiger partial charge in [-0.3, -0.25) is 9.58 Å². The molecule has 0 aromatic carbocycles. The number of aromatic nitrogens is 2. The molecule has 0 bridgehead atoms. The van der Waals surface area contributed by atoms with E-state index in [0.29, 0.717) is 12.6 Å². The van der Waals surface area contributed by atoms with E-state index < -0.39 is 0 Å². The maximum Gasteiger partial charge on any atom is 0.0586 e. The van der Waals surface area contributed by atoms with Crippen molar-refractivity contribution in [3.63, 3.8) is 0 Å². The van der Waals surface area contributed by atoms with Gasteiger partial charge in [-0.25, -0.2) is 0 Å². The fraction of sp³-hybridized carbons (Fsp3) is 0.727. The molecular weight excluding hydrogens is 190 g/mol. The minimum atomic E-state index is 0.291. The first-order chi connectivity index (χ1) is 7.40. The second kappa shape index (κ2) is 5.28. The molecule has 1 aliphatic heterocycles. The van der Waals surface area contributed by atoms with Gasteiger partial charge in [0.05, 0.1) is 13.2 Å². The Morgan fingerprint density at radius 3 is 3.00 bits per heavy atom. The maximum absolute atomic E-state index is 9.25. The lowest BCUT2D eigenvalue weighted by atomic mass is 10.0. The SMILES string of the molecule is OC[C@H]1CCCCN1CCn1cccn1. The van der Waals surface area contributed by atoms with E-state index in [1.54, 1.807) is 6.20 Å². The number of piperidine rings is 1. The van der Waals surface area contributed by atoms with Gasteiger partial charge in [0.2, 0.25) is 0 Å². The molecular formula is C11H19N3O.